The van der Waals surface area contributed by atoms with Crippen LogP contribution in [-0.4, -0.2) is 23.2 Å². The lowest BCUT2D eigenvalue weighted by atomic mass is 10.2. The molecular formula is C21H18N4O2S. The molecule has 4 rings (SSSR count). The first-order valence-electron chi connectivity index (χ1n) is 8.70. The Labute approximate surface area is 166 Å². The van der Waals surface area contributed by atoms with Crippen molar-refractivity contribution in [3.05, 3.63) is 72.6 Å². The van der Waals surface area contributed by atoms with E-state index in [9.17, 15) is 4.79 Å². The molecule has 2 N–H and O–H groups in total. The van der Waals surface area contributed by atoms with E-state index < -0.39 is 6.09 Å². The van der Waals surface area contributed by atoms with Crippen molar-refractivity contribution in [1.29, 1.82) is 0 Å². The van der Waals surface area contributed by atoms with E-state index in [2.05, 4.69) is 43.5 Å². The van der Waals surface area contributed by atoms with Crippen LogP contribution in [0.15, 0.2) is 67.0 Å². The van der Waals surface area contributed by atoms with E-state index in [1.807, 2.05) is 42.5 Å². The second kappa shape index (κ2) is 8.06. The predicted octanol–water partition coefficient (Wildman–Crippen LogP) is 5.15. The van der Waals surface area contributed by atoms with Gasteiger partial charge in [-0.25, -0.2) is 14.8 Å². The minimum atomic E-state index is -0.485. The summed E-state index contributed by atoms with van der Waals surface area (Å²) in [5.74, 6) is 0.806. The molecule has 0 fully saturated rings. The van der Waals surface area contributed by atoms with Crippen LogP contribution in [-0.2, 0) is 11.3 Å². The second-order valence-electron chi connectivity index (χ2n) is 6.08. The maximum absolute atomic E-state index is 11.2. The van der Waals surface area contributed by atoms with Crippen LogP contribution in [0.1, 0.15) is 5.56 Å². The van der Waals surface area contributed by atoms with Crippen molar-refractivity contribution >= 4 is 39.2 Å². The minimum Gasteiger partial charge on any atom is -0.453 e. The lowest BCUT2D eigenvalue weighted by Crippen LogP contribution is -2.10. The van der Waals surface area contributed by atoms with Gasteiger partial charge in [-0.15, -0.1) is 11.3 Å². The molecule has 0 saturated heterocycles. The highest BCUT2D eigenvalue weighted by Crippen LogP contribution is 2.34. The zero-order valence-corrected chi connectivity index (χ0v) is 16.0. The minimum absolute atomic E-state index is 0.485. The van der Waals surface area contributed by atoms with Crippen LogP contribution in [0.4, 0.5) is 16.3 Å². The van der Waals surface area contributed by atoms with Crippen molar-refractivity contribution in [2.45, 2.75) is 6.54 Å². The number of thiophene rings is 1. The maximum atomic E-state index is 11.2. The monoisotopic (exact) mass is 390 g/mol. The molecule has 0 aliphatic carbocycles. The van der Waals surface area contributed by atoms with Gasteiger partial charge >= 0.3 is 6.09 Å². The van der Waals surface area contributed by atoms with Gasteiger partial charge in [-0.3, -0.25) is 5.32 Å². The first kappa shape index (κ1) is 17.9. The summed E-state index contributed by atoms with van der Waals surface area (Å²) >= 11 is 1.65. The molecule has 6 nitrogen and oxygen atoms in total. The number of carbonyl (C=O) groups excluding carboxylic acids is 1. The molecule has 140 valence electrons. The molecule has 0 spiro atoms. The maximum Gasteiger partial charge on any atom is 0.411 e. The number of fused-ring (bicyclic) bond motifs is 1. The van der Waals surface area contributed by atoms with E-state index in [0.29, 0.717) is 12.2 Å². The molecule has 0 bridgehead atoms. The summed E-state index contributed by atoms with van der Waals surface area (Å²) in [6.07, 6.45) is 1.10. The first-order chi connectivity index (χ1) is 13.7. The number of hydrogen-bond donors (Lipinski definition) is 2. The normalized spacial score (nSPS) is 10.6. The highest BCUT2D eigenvalue weighted by molar-refractivity contribution is 7.21. The van der Waals surface area contributed by atoms with Gasteiger partial charge in [0.05, 0.1) is 12.5 Å². The third kappa shape index (κ3) is 3.94. The number of hydrogen-bond acceptors (Lipinski definition) is 6. The van der Waals surface area contributed by atoms with Gasteiger partial charge in [-0.05, 0) is 29.3 Å². The summed E-state index contributed by atoms with van der Waals surface area (Å²) in [5.41, 5.74) is 2.93. The molecule has 28 heavy (non-hydrogen) atoms. The molecule has 2 aromatic carbocycles. The van der Waals surface area contributed by atoms with Crippen molar-refractivity contribution < 1.29 is 9.53 Å². The van der Waals surface area contributed by atoms with Crippen LogP contribution in [0.3, 0.4) is 0 Å². The summed E-state index contributed by atoms with van der Waals surface area (Å²) in [4.78, 5) is 22.2. The van der Waals surface area contributed by atoms with Gasteiger partial charge in [0.15, 0.2) is 0 Å². The number of ether oxygens (including phenoxy) is 1. The summed E-state index contributed by atoms with van der Waals surface area (Å²) in [6, 6.07) is 19.9. The van der Waals surface area contributed by atoms with Gasteiger partial charge in [-0.2, -0.15) is 0 Å². The van der Waals surface area contributed by atoms with E-state index in [0.717, 1.165) is 26.5 Å². The highest BCUT2D eigenvalue weighted by atomic mass is 32.1. The average Bonchev–Trinajstić information content (AvgIpc) is 3.19. The number of amides is 1. The Morgan fingerprint density at radius 1 is 1.07 bits per heavy atom. The van der Waals surface area contributed by atoms with Gasteiger partial charge in [0.2, 0.25) is 0 Å². The molecule has 1 amide bonds. The van der Waals surface area contributed by atoms with E-state index >= 15 is 0 Å². The topological polar surface area (TPSA) is 76.1 Å². The molecule has 2 aromatic heterocycles. The van der Waals surface area contributed by atoms with Crippen LogP contribution in [0.2, 0.25) is 0 Å². The van der Waals surface area contributed by atoms with E-state index in [1.54, 1.807) is 17.7 Å². The quantitative estimate of drug-likeness (QED) is 0.493. The van der Waals surface area contributed by atoms with Gasteiger partial charge in [0, 0.05) is 17.1 Å². The van der Waals surface area contributed by atoms with Gasteiger partial charge in [0.25, 0.3) is 0 Å². The van der Waals surface area contributed by atoms with Crippen molar-refractivity contribution in [3.8, 4) is 10.4 Å². The fourth-order valence-corrected chi connectivity index (χ4v) is 3.81. The molecule has 0 aliphatic heterocycles. The zero-order valence-electron chi connectivity index (χ0n) is 15.2. The Hall–Kier alpha value is -3.45. The summed E-state index contributed by atoms with van der Waals surface area (Å²) in [7, 11) is 1.34. The number of benzene rings is 2. The zero-order chi connectivity index (χ0) is 19.3. The van der Waals surface area contributed by atoms with Crippen molar-refractivity contribution in [2.24, 2.45) is 0 Å². The van der Waals surface area contributed by atoms with Crippen LogP contribution >= 0.6 is 11.3 Å². The Bertz CT molecular complexity index is 1090. The number of aromatic nitrogens is 2. The Balaban J connectivity index is 1.50. The molecule has 4 aromatic rings. The smallest absolute Gasteiger partial charge is 0.411 e. The molecular weight excluding hydrogens is 372 g/mol. The fraction of sp³-hybridized carbons (Fsp3) is 0.0952. The van der Waals surface area contributed by atoms with E-state index in [4.69, 9.17) is 0 Å². The standard InChI is InChI=1S/C21H18N4O2S/c1-27-21(26)25-16-9-7-14(8-10-16)12-22-19-17-11-18(15-5-3-2-4-6-15)28-20(17)24-13-23-19/h2-11,13H,12H2,1H3,(H,25,26)(H,22,23,24). The second-order valence-corrected chi connectivity index (χ2v) is 7.12. The van der Waals surface area contributed by atoms with Crippen molar-refractivity contribution in [2.75, 3.05) is 17.7 Å². The lowest BCUT2D eigenvalue weighted by molar-refractivity contribution is 0.187. The summed E-state index contributed by atoms with van der Waals surface area (Å²) in [5, 5.41) is 7.03. The lowest BCUT2D eigenvalue weighted by Gasteiger charge is -2.08. The number of anilines is 2. The van der Waals surface area contributed by atoms with Crippen molar-refractivity contribution in [1.82, 2.24) is 9.97 Å². The molecule has 0 radical (unpaired) electrons. The number of nitrogens with one attached hydrogen (secondary N) is 2. The van der Waals surface area contributed by atoms with Crippen LogP contribution in [0.25, 0.3) is 20.7 Å². The largest absolute Gasteiger partial charge is 0.453 e. The molecule has 7 heteroatoms. The summed E-state index contributed by atoms with van der Waals surface area (Å²) < 4.78 is 4.59. The van der Waals surface area contributed by atoms with E-state index in [-0.39, 0.29) is 0 Å². The van der Waals surface area contributed by atoms with Crippen LogP contribution < -0.4 is 10.6 Å². The Morgan fingerprint density at radius 2 is 1.86 bits per heavy atom. The SMILES string of the molecule is COC(=O)Nc1ccc(CNc2ncnc3sc(-c4ccccc4)cc23)cc1. The number of rotatable bonds is 5. The first-order valence-corrected chi connectivity index (χ1v) is 9.52. The molecule has 2 heterocycles. The number of nitrogens with zero attached hydrogens (tertiary/aromatic N) is 2. The predicted molar refractivity (Wildman–Crippen MR) is 113 cm³/mol. The molecule has 0 unspecified atom stereocenters. The molecule has 0 aliphatic rings. The van der Waals surface area contributed by atoms with Gasteiger partial charge < -0.3 is 10.1 Å². The molecule has 0 atom stereocenters. The fourth-order valence-electron chi connectivity index (χ4n) is 2.80. The molecule has 0 saturated carbocycles. The highest BCUT2D eigenvalue weighted by Gasteiger charge is 2.10. The number of methoxy groups -OCH3 is 1. The van der Waals surface area contributed by atoms with Crippen LogP contribution in [0, 0.1) is 0 Å². The third-order valence-electron chi connectivity index (χ3n) is 4.23. The van der Waals surface area contributed by atoms with Crippen LogP contribution in [0.5, 0.6) is 0 Å². The van der Waals surface area contributed by atoms with Gasteiger partial charge in [-0.1, -0.05) is 42.5 Å². The summed E-state index contributed by atoms with van der Waals surface area (Å²) in [6.45, 7) is 0.612. The Kier molecular flexibility index (Phi) is 5.16. The van der Waals surface area contributed by atoms with E-state index in [1.165, 1.54) is 12.7 Å². The third-order valence-corrected chi connectivity index (χ3v) is 5.33. The number of carbonyl (C=O) groups is 1. The average molecular weight is 390 g/mol. The van der Waals surface area contributed by atoms with Gasteiger partial charge in [0.1, 0.15) is 17.0 Å². The Morgan fingerprint density at radius 3 is 2.61 bits per heavy atom. The van der Waals surface area contributed by atoms with Crippen molar-refractivity contribution in [3.63, 3.8) is 0 Å².